The van der Waals surface area contributed by atoms with Crippen molar-refractivity contribution < 1.29 is 25.6 Å². The molecule has 1 atom stereocenters. The fourth-order valence-corrected chi connectivity index (χ4v) is 2.95. The van der Waals surface area contributed by atoms with E-state index in [1.54, 1.807) is 0 Å². The first-order chi connectivity index (χ1) is 6.25. The van der Waals surface area contributed by atoms with E-state index in [4.69, 9.17) is 16.0 Å². The van der Waals surface area contributed by atoms with Crippen LogP contribution in [0.2, 0.25) is 0 Å². The quantitative estimate of drug-likeness (QED) is 0.344. The predicted octanol–water partition coefficient (Wildman–Crippen LogP) is -2.54. The molecule has 14 heavy (non-hydrogen) atoms. The Bertz CT molecular complexity index is 359. The van der Waals surface area contributed by atoms with Crippen LogP contribution >= 0.6 is 0 Å². The molecular formula is C4H12N2O6S2. The average molecular weight is 248 g/mol. The zero-order valence-electron chi connectivity index (χ0n) is 7.16. The molecule has 0 bridgehead atoms. The molecule has 0 fully saturated rings. The molecule has 10 heteroatoms. The summed E-state index contributed by atoms with van der Waals surface area (Å²) in [5, 5.41) is 0. The van der Waals surface area contributed by atoms with Crippen molar-refractivity contribution in [1.82, 2.24) is 0 Å². The summed E-state index contributed by atoms with van der Waals surface area (Å²) in [5.41, 5.74) is 9.84. The van der Waals surface area contributed by atoms with E-state index in [1.807, 2.05) is 0 Å². The summed E-state index contributed by atoms with van der Waals surface area (Å²) < 4.78 is 53.8. The fourth-order valence-electron chi connectivity index (χ4n) is 0.629. The molecule has 0 saturated heterocycles. The van der Waals surface area contributed by atoms with Crippen LogP contribution < -0.4 is 11.5 Å². The zero-order valence-corrected chi connectivity index (χ0v) is 8.79. The van der Waals surface area contributed by atoms with E-state index in [0.717, 1.165) is 0 Å². The first kappa shape index (κ1) is 13.7. The fraction of sp³-hybridized carbons (Fsp3) is 1.00. The van der Waals surface area contributed by atoms with Gasteiger partial charge in [0.15, 0.2) is 0 Å². The van der Waals surface area contributed by atoms with Crippen molar-refractivity contribution in [3.63, 3.8) is 0 Å². The lowest BCUT2D eigenvalue weighted by Crippen LogP contribution is -2.38. The Balaban J connectivity index is 4.87. The standard InChI is InChI=1S/C4H12N2O6S2/c5-1-2-12-14(10,11)4(3-6)13(7,8)9/h4H,1-3,5-6H2,(H,7,8,9). The Morgan fingerprint density at radius 1 is 1.21 bits per heavy atom. The number of hydrogen-bond donors (Lipinski definition) is 3. The van der Waals surface area contributed by atoms with Gasteiger partial charge in [0.05, 0.1) is 6.61 Å². The second-order valence-electron chi connectivity index (χ2n) is 2.28. The van der Waals surface area contributed by atoms with E-state index in [9.17, 15) is 16.8 Å². The van der Waals surface area contributed by atoms with Crippen molar-refractivity contribution in [1.29, 1.82) is 0 Å². The molecular weight excluding hydrogens is 236 g/mol. The largest absolute Gasteiger partial charge is 0.328 e. The van der Waals surface area contributed by atoms with Crippen molar-refractivity contribution in [3.05, 3.63) is 0 Å². The summed E-state index contributed by atoms with van der Waals surface area (Å²) >= 11 is 0. The van der Waals surface area contributed by atoms with Gasteiger partial charge >= 0.3 is 0 Å². The third-order valence-corrected chi connectivity index (χ3v) is 4.84. The van der Waals surface area contributed by atoms with E-state index >= 15 is 0 Å². The number of nitrogens with two attached hydrogens (primary N) is 2. The van der Waals surface area contributed by atoms with Gasteiger partial charge in [-0.1, -0.05) is 0 Å². The molecule has 0 radical (unpaired) electrons. The van der Waals surface area contributed by atoms with Gasteiger partial charge < -0.3 is 11.5 Å². The minimum Gasteiger partial charge on any atom is -0.328 e. The number of rotatable bonds is 6. The first-order valence-corrected chi connectivity index (χ1v) is 6.48. The minimum atomic E-state index is -4.78. The molecule has 0 aromatic heterocycles. The molecule has 0 saturated carbocycles. The monoisotopic (exact) mass is 248 g/mol. The molecule has 0 spiro atoms. The second-order valence-corrected chi connectivity index (χ2v) is 5.97. The maximum absolute atomic E-state index is 11.1. The number of hydrogen-bond acceptors (Lipinski definition) is 7. The Kier molecular flexibility index (Phi) is 4.91. The third kappa shape index (κ3) is 3.86. The molecule has 0 aliphatic heterocycles. The van der Waals surface area contributed by atoms with E-state index in [2.05, 4.69) is 4.18 Å². The van der Waals surface area contributed by atoms with E-state index in [1.165, 1.54) is 0 Å². The normalized spacial score (nSPS) is 15.4. The summed E-state index contributed by atoms with van der Waals surface area (Å²) in [6, 6.07) is 0. The summed E-state index contributed by atoms with van der Waals surface area (Å²) in [5.74, 6) is 0. The third-order valence-electron chi connectivity index (χ3n) is 1.21. The molecule has 0 aliphatic carbocycles. The van der Waals surface area contributed by atoms with Crippen LogP contribution in [0, 0.1) is 0 Å². The van der Waals surface area contributed by atoms with Gasteiger partial charge in [0, 0.05) is 13.1 Å². The lowest BCUT2D eigenvalue weighted by Gasteiger charge is -2.11. The second kappa shape index (κ2) is 5.00. The van der Waals surface area contributed by atoms with Gasteiger partial charge in [0.2, 0.25) is 4.58 Å². The van der Waals surface area contributed by atoms with E-state index in [-0.39, 0.29) is 13.2 Å². The summed E-state index contributed by atoms with van der Waals surface area (Å²) in [4.78, 5) is 0. The van der Waals surface area contributed by atoms with Gasteiger partial charge in [-0.15, -0.1) is 0 Å². The summed E-state index contributed by atoms with van der Waals surface area (Å²) in [6.07, 6.45) is 0. The van der Waals surface area contributed by atoms with E-state index in [0.29, 0.717) is 0 Å². The highest BCUT2D eigenvalue weighted by Gasteiger charge is 2.36. The van der Waals surface area contributed by atoms with Gasteiger partial charge in [-0.25, -0.2) is 0 Å². The Morgan fingerprint density at radius 3 is 2.00 bits per heavy atom. The van der Waals surface area contributed by atoms with Crippen LogP contribution in [0.3, 0.4) is 0 Å². The molecule has 86 valence electrons. The molecule has 1 unspecified atom stereocenters. The predicted molar refractivity (Wildman–Crippen MR) is 48.3 cm³/mol. The molecule has 0 aromatic carbocycles. The molecule has 0 rings (SSSR count). The average Bonchev–Trinajstić information content (AvgIpc) is 1.98. The first-order valence-electron chi connectivity index (χ1n) is 3.50. The van der Waals surface area contributed by atoms with Crippen LogP contribution in [-0.2, 0) is 24.4 Å². The maximum atomic E-state index is 11.1. The van der Waals surface area contributed by atoms with Gasteiger partial charge in [-0.3, -0.25) is 8.74 Å². The highest BCUT2D eigenvalue weighted by atomic mass is 32.3. The van der Waals surface area contributed by atoms with Gasteiger partial charge in [0.1, 0.15) is 0 Å². The molecule has 0 aliphatic rings. The Labute approximate surface area is 82.1 Å². The zero-order chi connectivity index (χ0) is 11.4. The smallest absolute Gasteiger partial charge is 0.288 e. The van der Waals surface area contributed by atoms with Crippen molar-refractivity contribution in [2.24, 2.45) is 11.5 Å². The van der Waals surface area contributed by atoms with Crippen LogP contribution in [-0.4, -0.2) is 45.7 Å². The van der Waals surface area contributed by atoms with Gasteiger partial charge in [-0.2, -0.15) is 16.8 Å². The van der Waals surface area contributed by atoms with Gasteiger partial charge in [-0.05, 0) is 0 Å². The van der Waals surface area contributed by atoms with Crippen molar-refractivity contribution in [3.8, 4) is 0 Å². The molecule has 8 nitrogen and oxygen atoms in total. The molecule has 0 amide bonds. The summed E-state index contributed by atoms with van der Waals surface area (Å²) in [6.45, 7) is -1.25. The van der Waals surface area contributed by atoms with Crippen molar-refractivity contribution in [2.45, 2.75) is 4.58 Å². The lowest BCUT2D eigenvalue weighted by molar-refractivity contribution is 0.324. The SMILES string of the molecule is NCCOS(=O)(=O)C(CN)S(=O)(=O)O. The topological polar surface area (TPSA) is 150 Å². The van der Waals surface area contributed by atoms with Gasteiger partial charge in [0.25, 0.3) is 20.2 Å². The van der Waals surface area contributed by atoms with E-state index < -0.39 is 31.4 Å². The molecule has 0 aromatic rings. The highest BCUT2D eigenvalue weighted by Crippen LogP contribution is 2.08. The van der Waals surface area contributed by atoms with Crippen LogP contribution in [0.4, 0.5) is 0 Å². The van der Waals surface area contributed by atoms with Crippen LogP contribution in [0.25, 0.3) is 0 Å². The minimum absolute atomic E-state index is 0.0952. The molecule has 0 heterocycles. The molecule has 5 N–H and O–H groups in total. The van der Waals surface area contributed by atoms with Crippen molar-refractivity contribution >= 4 is 20.2 Å². The van der Waals surface area contributed by atoms with Crippen molar-refractivity contribution in [2.75, 3.05) is 19.7 Å². The van der Waals surface area contributed by atoms with Crippen LogP contribution in [0.1, 0.15) is 0 Å². The van der Waals surface area contributed by atoms with Crippen LogP contribution in [0.5, 0.6) is 0 Å². The van der Waals surface area contributed by atoms with Crippen LogP contribution in [0.15, 0.2) is 0 Å². The lowest BCUT2D eigenvalue weighted by atomic mass is 10.8. The highest BCUT2D eigenvalue weighted by molar-refractivity contribution is 8.04. The Hall–Kier alpha value is -0.260. The summed E-state index contributed by atoms with van der Waals surface area (Å²) in [7, 11) is -9.22. The maximum Gasteiger partial charge on any atom is 0.288 e. The Morgan fingerprint density at radius 2 is 1.71 bits per heavy atom.